The van der Waals surface area contributed by atoms with Gasteiger partial charge in [0.05, 0.1) is 16.5 Å². The Balaban J connectivity index is 1.63. The number of hydrogen-bond donors (Lipinski definition) is 2. The molecule has 13 heteroatoms. The molecule has 3 aromatic carbocycles. The normalized spacial score (nSPS) is 15.6. The third kappa shape index (κ3) is 4.87. The SMILES string of the molecule is CCOC(=O)N1CCc2[nH]c3cc(C(=O)c4ccc(Cl)c(S(N)(=O)=O)c4)ccc3c2C1S(=O)(=O)c1ccccc1. The number of nitrogens with two attached hydrogens (primary N) is 1. The highest BCUT2D eigenvalue weighted by Crippen LogP contribution is 2.42. The van der Waals surface area contributed by atoms with Crippen LogP contribution in [-0.2, 0) is 31.0 Å². The van der Waals surface area contributed by atoms with Gasteiger partial charge in [0.2, 0.25) is 19.9 Å². The number of aromatic amines is 1. The number of hydrogen-bond acceptors (Lipinski definition) is 7. The fourth-order valence-corrected chi connectivity index (χ4v) is 7.86. The van der Waals surface area contributed by atoms with Gasteiger partial charge in [-0.25, -0.2) is 26.8 Å². The number of primary sulfonamides is 1. The number of carbonyl (C=O) groups is 2. The number of carbonyl (C=O) groups excluding carboxylic acids is 2. The van der Waals surface area contributed by atoms with E-state index in [0.717, 1.165) is 6.07 Å². The molecule has 208 valence electrons. The minimum Gasteiger partial charge on any atom is -0.450 e. The lowest BCUT2D eigenvalue weighted by atomic mass is 10.00. The zero-order valence-corrected chi connectivity index (χ0v) is 23.5. The van der Waals surface area contributed by atoms with Crippen molar-refractivity contribution in [1.29, 1.82) is 0 Å². The van der Waals surface area contributed by atoms with Crippen molar-refractivity contribution in [2.45, 2.75) is 28.5 Å². The number of rotatable bonds is 6. The lowest BCUT2D eigenvalue weighted by Crippen LogP contribution is -2.43. The molecule has 1 amide bonds. The first-order chi connectivity index (χ1) is 18.9. The van der Waals surface area contributed by atoms with Crippen molar-refractivity contribution >= 4 is 54.2 Å². The van der Waals surface area contributed by atoms with E-state index >= 15 is 0 Å². The molecule has 0 aliphatic carbocycles. The van der Waals surface area contributed by atoms with Gasteiger partial charge in [0.15, 0.2) is 11.2 Å². The van der Waals surface area contributed by atoms with Crippen molar-refractivity contribution in [3.05, 3.63) is 94.1 Å². The standard InChI is InChI=1S/C27H24ClN3O7S2/c1-2-38-27(33)31-13-12-21-24(26(31)39(34,35)18-6-4-3-5-7-18)19-10-8-16(14-22(19)30-21)25(32)17-9-11-20(28)23(15-17)40(29,36)37/h3-11,14-15,26,30H,2,12-13H2,1H3,(H2,29,36,37). The summed E-state index contributed by atoms with van der Waals surface area (Å²) >= 11 is 5.95. The number of H-pyrrole nitrogens is 1. The van der Waals surface area contributed by atoms with Crippen LogP contribution >= 0.6 is 11.6 Å². The van der Waals surface area contributed by atoms with Crippen molar-refractivity contribution in [2.24, 2.45) is 5.14 Å². The van der Waals surface area contributed by atoms with Gasteiger partial charge in [-0.2, -0.15) is 0 Å². The minimum absolute atomic E-state index is 0.0525. The van der Waals surface area contributed by atoms with Crippen LogP contribution in [0.5, 0.6) is 0 Å². The van der Waals surface area contributed by atoms with E-state index in [9.17, 15) is 26.4 Å². The third-order valence-corrected chi connectivity index (χ3v) is 10.1. The number of ketones is 1. The van der Waals surface area contributed by atoms with E-state index < -0.39 is 37.1 Å². The molecule has 0 spiro atoms. The molecule has 4 aromatic rings. The Morgan fingerprint density at radius 1 is 1.02 bits per heavy atom. The number of nitrogens with zero attached hydrogens (tertiary/aromatic N) is 1. The van der Waals surface area contributed by atoms with E-state index in [1.807, 2.05) is 0 Å². The predicted octanol–water partition coefficient (Wildman–Crippen LogP) is 4.19. The molecule has 1 aromatic heterocycles. The second-order valence-corrected chi connectivity index (χ2v) is 13.1. The van der Waals surface area contributed by atoms with Crippen LogP contribution in [0.25, 0.3) is 10.9 Å². The number of fused-ring (bicyclic) bond motifs is 3. The van der Waals surface area contributed by atoms with Crippen molar-refractivity contribution in [2.75, 3.05) is 13.2 Å². The molecule has 0 saturated carbocycles. The number of benzene rings is 3. The molecule has 40 heavy (non-hydrogen) atoms. The van der Waals surface area contributed by atoms with Crippen LogP contribution in [0.15, 0.2) is 76.5 Å². The average Bonchev–Trinajstić information content (AvgIpc) is 3.30. The fourth-order valence-electron chi connectivity index (χ4n) is 4.89. The first-order valence-corrected chi connectivity index (χ1v) is 15.6. The summed E-state index contributed by atoms with van der Waals surface area (Å²) in [5.74, 6) is -0.488. The van der Waals surface area contributed by atoms with Gasteiger partial charge in [-0.1, -0.05) is 41.9 Å². The molecule has 3 N–H and O–H groups in total. The Labute approximate surface area is 235 Å². The van der Waals surface area contributed by atoms with Gasteiger partial charge in [0.25, 0.3) is 0 Å². The molecule has 0 saturated heterocycles. The maximum atomic E-state index is 13.9. The number of ether oxygens (including phenoxy) is 1. The number of amides is 1. The molecular weight excluding hydrogens is 578 g/mol. The largest absolute Gasteiger partial charge is 0.450 e. The Morgan fingerprint density at radius 3 is 2.38 bits per heavy atom. The van der Waals surface area contributed by atoms with Crippen molar-refractivity contribution < 1.29 is 31.2 Å². The Morgan fingerprint density at radius 2 is 1.70 bits per heavy atom. The summed E-state index contributed by atoms with van der Waals surface area (Å²) in [4.78, 5) is 30.3. The number of nitrogens with one attached hydrogen (secondary N) is 1. The van der Waals surface area contributed by atoms with E-state index in [0.29, 0.717) is 28.6 Å². The van der Waals surface area contributed by atoms with Crippen LogP contribution in [0, 0.1) is 0 Å². The maximum Gasteiger partial charge on any atom is 0.411 e. The lowest BCUT2D eigenvalue weighted by Gasteiger charge is -2.34. The Kier molecular flexibility index (Phi) is 7.21. The molecule has 1 aliphatic rings. The van der Waals surface area contributed by atoms with Crippen LogP contribution in [-0.4, -0.2) is 51.7 Å². The highest BCUT2D eigenvalue weighted by atomic mass is 35.5. The summed E-state index contributed by atoms with van der Waals surface area (Å²) in [7, 11) is -8.24. The van der Waals surface area contributed by atoms with Gasteiger partial charge in [0, 0.05) is 46.3 Å². The fraction of sp³-hybridized carbons (Fsp3) is 0.185. The summed E-state index contributed by atoms with van der Waals surface area (Å²) in [5, 5.41) is 4.27. The van der Waals surface area contributed by atoms with E-state index in [-0.39, 0.29) is 39.1 Å². The van der Waals surface area contributed by atoms with Gasteiger partial charge in [-0.3, -0.25) is 9.69 Å². The molecule has 0 radical (unpaired) electrons. The molecule has 5 rings (SSSR count). The van der Waals surface area contributed by atoms with Crippen molar-refractivity contribution in [3.8, 4) is 0 Å². The molecule has 10 nitrogen and oxygen atoms in total. The summed E-state index contributed by atoms with van der Waals surface area (Å²) < 4.78 is 56.8. The minimum atomic E-state index is -4.16. The zero-order chi connectivity index (χ0) is 28.8. The molecular formula is C27H24ClN3O7S2. The van der Waals surface area contributed by atoms with Crippen molar-refractivity contribution in [3.63, 3.8) is 0 Å². The first-order valence-electron chi connectivity index (χ1n) is 12.2. The topological polar surface area (TPSA) is 157 Å². The third-order valence-electron chi connectivity index (χ3n) is 6.68. The van der Waals surface area contributed by atoms with Gasteiger partial charge in [0.1, 0.15) is 4.90 Å². The second kappa shape index (κ2) is 10.4. The molecule has 0 bridgehead atoms. The van der Waals surface area contributed by atoms with E-state index in [4.69, 9.17) is 21.5 Å². The zero-order valence-electron chi connectivity index (χ0n) is 21.1. The summed E-state index contributed by atoms with van der Waals surface area (Å²) in [6.45, 7) is 1.82. The van der Waals surface area contributed by atoms with Crippen LogP contribution in [0.2, 0.25) is 5.02 Å². The molecule has 1 unspecified atom stereocenters. The van der Waals surface area contributed by atoms with E-state index in [1.165, 1.54) is 35.2 Å². The number of sulfone groups is 1. The highest BCUT2D eigenvalue weighted by Gasteiger charge is 2.43. The van der Waals surface area contributed by atoms with Gasteiger partial charge in [-0.15, -0.1) is 0 Å². The van der Waals surface area contributed by atoms with Gasteiger partial charge >= 0.3 is 6.09 Å². The maximum absolute atomic E-state index is 13.9. The first kappa shape index (κ1) is 27.8. The van der Waals surface area contributed by atoms with Crippen LogP contribution in [0.1, 0.15) is 39.5 Å². The number of halogens is 1. The lowest BCUT2D eigenvalue weighted by molar-refractivity contribution is 0.0993. The van der Waals surface area contributed by atoms with Gasteiger partial charge < -0.3 is 9.72 Å². The molecule has 1 aliphatic heterocycles. The van der Waals surface area contributed by atoms with Crippen LogP contribution in [0.4, 0.5) is 4.79 Å². The van der Waals surface area contributed by atoms with Crippen LogP contribution in [0.3, 0.4) is 0 Å². The van der Waals surface area contributed by atoms with E-state index in [1.54, 1.807) is 37.3 Å². The van der Waals surface area contributed by atoms with Crippen LogP contribution < -0.4 is 5.14 Å². The average molecular weight is 602 g/mol. The molecule has 1 atom stereocenters. The smallest absolute Gasteiger partial charge is 0.411 e. The van der Waals surface area contributed by atoms with Gasteiger partial charge in [-0.05, 0) is 43.3 Å². The Bertz CT molecular complexity index is 1870. The Hall–Kier alpha value is -3.71. The summed E-state index contributed by atoms with van der Waals surface area (Å²) in [5.41, 5.74) is 1.78. The monoisotopic (exact) mass is 601 g/mol. The molecule has 0 fully saturated rings. The van der Waals surface area contributed by atoms with E-state index in [2.05, 4.69) is 4.98 Å². The quantitative estimate of drug-likeness (QED) is 0.314. The highest BCUT2D eigenvalue weighted by molar-refractivity contribution is 7.91. The summed E-state index contributed by atoms with van der Waals surface area (Å²) in [6, 6.07) is 16.3. The number of sulfonamides is 1. The second-order valence-electron chi connectivity index (χ2n) is 9.15. The summed E-state index contributed by atoms with van der Waals surface area (Å²) in [6.07, 6.45) is -0.408. The van der Waals surface area contributed by atoms with Crippen molar-refractivity contribution in [1.82, 2.24) is 9.88 Å². The predicted molar refractivity (Wildman–Crippen MR) is 148 cm³/mol. The molecule has 2 heterocycles. The number of aromatic nitrogens is 1.